The number of carbonyl (C=O) groups excluding carboxylic acids is 1. The summed E-state index contributed by atoms with van der Waals surface area (Å²) in [5.41, 5.74) is 2.95. The SMILES string of the molecule is O=C(O)c1ccc2c(c1)CCN2C(=O)N1C2CCC1CC(OCc1c(-c3ccccc3OC(F)(F)F)noc1C1CC1)C2. The van der Waals surface area contributed by atoms with Crippen LogP contribution in [0.25, 0.3) is 11.3 Å². The second kappa shape index (κ2) is 10.6. The molecule has 3 aliphatic heterocycles. The Bertz CT molecular complexity index is 1550. The first-order valence-electron chi connectivity index (χ1n) is 14.6. The molecule has 2 amide bonds. The number of urea groups is 1. The average molecular weight is 598 g/mol. The number of rotatable bonds is 7. The summed E-state index contributed by atoms with van der Waals surface area (Å²) in [6.07, 6.45) is 0.488. The van der Waals surface area contributed by atoms with Gasteiger partial charge in [0.05, 0.1) is 18.3 Å². The van der Waals surface area contributed by atoms with Crippen LogP contribution >= 0.6 is 0 Å². The van der Waals surface area contributed by atoms with Gasteiger partial charge in [0.1, 0.15) is 17.2 Å². The number of benzene rings is 2. The van der Waals surface area contributed by atoms with Crippen molar-refractivity contribution in [1.82, 2.24) is 10.1 Å². The van der Waals surface area contributed by atoms with E-state index in [4.69, 9.17) is 9.26 Å². The number of para-hydroxylation sites is 1. The molecule has 1 saturated carbocycles. The third-order valence-corrected chi connectivity index (χ3v) is 8.96. The van der Waals surface area contributed by atoms with Gasteiger partial charge in [-0.05, 0) is 80.8 Å². The highest BCUT2D eigenvalue weighted by Gasteiger charge is 2.46. The van der Waals surface area contributed by atoms with Gasteiger partial charge in [-0.1, -0.05) is 17.3 Å². The fourth-order valence-corrected chi connectivity index (χ4v) is 6.86. The molecule has 1 aromatic heterocycles. The van der Waals surface area contributed by atoms with E-state index in [1.54, 1.807) is 23.1 Å². The van der Waals surface area contributed by atoms with Gasteiger partial charge in [0.15, 0.2) is 0 Å². The highest BCUT2D eigenvalue weighted by Crippen LogP contribution is 2.46. The van der Waals surface area contributed by atoms with Crippen molar-refractivity contribution in [1.29, 1.82) is 0 Å². The van der Waals surface area contributed by atoms with E-state index in [-0.39, 0.29) is 59.3 Å². The van der Waals surface area contributed by atoms with Gasteiger partial charge in [0.25, 0.3) is 0 Å². The van der Waals surface area contributed by atoms with Crippen LogP contribution in [-0.4, -0.2) is 58.3 Å². The van der Waals surface area contributed by atoms with Crippen LogP contribution in [0.1, 0.15) is 71.7 Å². The smallest absolute Gasteiger partial charge is 0.478 e. The lowest BCUT2D eigenvalue weighted by atomic mass is 9.99. The van der Waals surface area contributed by atoms with Gasteiger partial charge >= 0.3 is 18.4 Å². The first-order chi connectivity index (χ1) is 20.7. The summed E-state index contributed by atoms with van der Waals surface area (Å²) in [4.78, 5) is 28.8. The Kier molecular flexibility index (Phi) is 6.83. The van der Waals surface area contributed by atoms with Crippen molar-refractivity contribution >= 4 is 17.7 Å². The minimum atomic E-state index is -4.85. The molecule has 3 fully saturated rings. The highest BCUT2D eigenvalue weighted by atomic mass is 19.4. The van der Waals surface area contributed by atoms with Crippen molar-refractivity contribution in [3.8, 4) is 17.0 Å². The summed E-state index contributed by atoms with van der Waals surface area (Å²) in [7, 11) is 0. The zero-order valence-electron chi connectivity index (χ0n) is 23.2. The Hall–Kier alpha value is -4.06. The number of hydrogen-bond donors (Lipinski definition) is 1. The molecule has 9 nitrogen and oxygen atoms in total. The lowest BCUT2D eigenvalue weighted by molar-refractivity contribution is -0.274. The van der Waals surface area contributed by atoms with Crippen molar-refractivity contribution < 1.29 is 41.9 Å². The van der Waals surface area contributed by atoms with Crippen LogP contribution in [0.15, 0.2) is 47.0 Å². The van der Waals surface area contributed by atoms with E-state index in [1.807, 2.05) is 4.90 Å². The van der Waals surface area contributed by atoms with Crippen LogP contribution in [0.2, 0.25) is 0 Å². The van der Waals surface area contributed by atoms with Crippen LogP contribution in [0.3, 0.4) is 0 Å². The average Bonchev–Trinajstić information content (AvgIpc) is 3.49. The number of halogens is 3. The normalized spacial score (nSPS) is 23.0. The lowest BCUT2D eigenvalue weighted by Crippen LogP contribution is -2.53. The molecule has 2 saturated heterocycles. The third-order valence-electron chi connectivity index (χ3n) is 8.96. The van der Waals surface area contributed by atoms with Crippen LogP contribution < -0.4 is 9.64 Å². The molecule has 3 aromatic rings. The van der Waals surface area contributed by atoms with E-state index in [2.05, 4.69) is 9.89 Å². The number of alkyl halides is 3. The summed E-state index contributed by atoms with van der Waals surface area (Å²) in [6.45, 7) is 0.640. The van der Waals surface area contributed by atoms with Crippen molar-refractivity contribution in [3.05, 3.63) is 64.9 Å². The second-order valence-corrected chi connectivity index (χ2v) is 11.7. The van der Waals surface area contributed by atoms with Crippen LogP contribution in [0.5, 0.6) is 5.75 Å². The molecular formula is C31H30F3N3O6. The topological polar surface area (TPSA) is 105 Å². The van der Waals surface area contributed by atoms with Gasteiger partial charge in [0.2, 0.25) is 0 Å². The number of aromatic nitrogens is 1. The standard InChI is InChI=1S/C31H30F3N3O6/c32-31(33,34)42-26-4-2-1-3-23(26)27-24(28(43-35-27)17-5-6-17)16-41-22-14-20-8-9-21(15-22)37(20)30(40)36-12-11-18-13-19(29(38)39)7-10-25(18)36/h1-4,7,10,13,17,20-22H,5-6,8-9,11-12,14-16H2,(H,38,39). The summed E-state index contributed by atoms with van der Waals surface area (Å²) in [5, 5.41) is 13.5. The number of nitrogens with zero attached hydrogens (tertiary/aromatic N) is 3. The van der Waals surface area contributed by atoms with Crippen LogP contribution in [0, 0.1) is 0 Å². The molecular weight excluding hydrogens is 567 g/mol. The number of carboxylic acid groups (broad SMARTS) is 1. The molecule has 2 bridgehead atoms. The molecule has 12 heteroatoms. The zero-order chi connectivity index (χ0) is 29.9. The lowest BCUT2D eigenvalue weighted by Gasteiger charge is -2.40. The molecule has 0 spiro atoms. The monoisotopic (exact) mass is 597 g/mol. The summed E-state index contributed by atoms with van der Waals surface area (Å²) >= 11 is 0. The van der Waals surface area contributed by atoms with E-state index in [1.165, 1.54) is 24.3 Å². The maximum atomic E-state index is 13.7. The number of fused-ring (bicyclic) bond motifs is 3. The van der Waals surface area contributed by atoms with Crippen molar-refractivity contribution in [2.45, 2.75) is 82.0 Å². The van der Waals surface area contributed by atoms with E-state index in [0.29, 0.717) is 37.1 Å². The molecule has 0 radical (unpaired) electrons. The van der Waals surface area contributed by atoms with Crippen LogP contribution in [0.4, 0.5) is 23.7 Å². The van der Waals surface area contributed by atoms with Crippen molar-refractivity contribution in [2.24, 2.45) is 0 Å². The second-order valence-electron chi connectivity index (χ2n) is 11.7. The third kappa shape index (κ3) is 5.32. The molecule has 4 aliphatic rings. The van der Waals surface area contributed by atoms with Gasteiger partial charge in [-0.2, -0.15) is 0 Å². The first kappa shape index (κ1) is 27.8. The molecule has 2 unspecified atom stereocenters. The Morgan fingerprint density at radius 1 is 1.05 bits per heavy atom. The highest BCUT2D eigenvalue weighted by molar-refractivity contribution is 5.96. The number of amides is 2. The predicted octanol–water partition coefficient (Wildman–Crippen LogP) is 6.51. The minimum Gasteiger partial charge on any atom is -0.478 e. The van der Waals surface area contributed by atoms with Crippen molar-refractivity contribution in [2.75, 3.05) is 11.4 Å². The fourth-order valence-electron chi connectivity index (χ4n) is 6.86. The molecule has 1 aliphatic carbocycles. The van der Waals surface area contributed by atoms with Crippen LogP contribution in [-0.2, 0) is 17.8 Å². The number of carboxylic acids is 1. The summed E-state index contributed by atoms with van der Waals surface area (Å²) < 4.78 is 55.7. The number of hydrogen-bond acceptors (Lipinski definition) is 6. The van der Waals surface area contributed by atoms with E-state index in [0.717, 1.165) is 36.9 Å². The number of aromatic carboxylic acids is 1. The predicted molar refractivity (Wildman–Crippen MR) is 147 cm³/mol. The van der Waals surface area contributed by atoms with Crippen molar-refractivity contribution in [3.63, 3.8) is 0 Å². The molecule has 226 valence electrons. The van der Waals surface area contributed by atoms with E-state index < -0.39 is 12.3 Å². The molecule has 2 aromatic carbocycles. The largest absolute Gasteiger partial charge is 0.573 e. The Balaban J connectivity index is 1.06. The number of anilines is 1. The number of ether oxygens (including phenoxy) is 2. The van der Waals surface area contributed by atoms with Gasteiger partial charge in [-0.15, -0.1) is 13.2 Å². The van der Waals surface area contributed by atoms with E-state index >= 15 is 0 Å². The Morgan fingerprint density at radius 2 is 1.79 bits per heavy atom. The quantitative estimate of drug-likeness (QED) is 0.331. The van der Waals surface area contributed by atoms with E-state index in [9.17, 15) is 27.9 Å². The summed E-state index contributed by atoms with van der Waals surface area (Å²) in [6, 6.07) is 10.7. The van der Waals surface area contributed by atoms with Gasteiger partial charge in [-0.25, -0.2) is 9.59 Å². The molecule has 7 rings (SSSR count). The molecule has 2 atom stereocenters. The summed E-state index contributed by atoms with van der Waals surface area (Å²) in [5.74, 6) is -0.527. The maximum Gasteiger partial charge on any atom is 0.573 e. The first-order valence-corrected chi connectivity index (χ1v) is 14.6. The number of carbonyl (C=O) groups is 2. The zero-order valence-corrected chi connectivity index (χ0v) is 23.2. The van der Waals surface area contributed by atoms with Gasteiger partial charge in [-0.3, -0.25) is 4.90 Å². The molecule has 1 N–H and O–H groups in total. The fraction of sp³-hybridized carbons (Fsp3) is 0.452. The molecule has 43 heavy (non-hydrogen) atoms. The molecule has 4 heterocycles. The Labute approximate surface area is 245 Å². The Morgan fingerprint density at radius 3 is 2.49 bits per heavy atom. The number of piperidine rings is 1. The van der Waals surface area contributed by atoms with Gasteiger partial charge in [0, 0.05) is 41.4 Å². The maximum absolute atomic E-state index is 13.7. The minimum absolute atomic E-state index is 0.00403. The van der Waals surface area contributed by atoms with Gasteiger partial charge < -0.3 is 24.0 Å².